The summed E-state index contributed by atoms with van der Waals surface area (Å²) in [4.78, 5) is 34.0. The number of ether oxygens (including phenoxy) is 1. The van der Waals surface area contributed by atoms with Crippen LogP contribution < -0.4 is 5.32 Å². The van der Waals surface area contributed by atoms with Gasteiger partial charge in [-0.15, -0.1) is 0 Å². The summed E-state index contributed by atoms with van der Waals surface area (Å²) in [6.45, 7) is 8.36. The van der Waals surface area contributed by atoms with Crippen LogP contribution in [0.4, 0.5) is 0 Å². The molecule has 0 aromatic carbocycles. The molecule has 0 saturated heterocycles. The van der Waals surface area contributed by atoms with E-state index in [2.05, 4.69) is 11.9 Å². The van der Waals surface area contributed by atoms with Gasteiger partial charge in [-0.05, 0) is 20.8 Å². The molecule has 0 heterocycles. The Balaban J connectivity index is 5.58. The van der Waals surface area contributed by atoms with Gasteiger partial charge in [0, 0.05) is 23.8 Å². The van der Waals surface area contributed by atoms with E-state index in [0.29, 0.717) is 0 Å². The van der Waals surface area contributed by atoms with E-state index < -0.39 is 65.8 Å². The van der Waals surface area contributed by atoms with E-state index in [9.17, 15) is 35.0 Å². The molecule has 11 nitrogen and oxygen atoms in total. The van der Waals surface area contributed by atoms with Gasteiger partial charge in [-0.3, -0.25) is 14.9 Å². The van der Waals surface area contributed by atoms with Crippen molar-refractivity contribution < 1.29 is 39.7 Å². The molecule has 0 saturated carbocycles. The molecule has 0 aliphatic rings. The lowest BCUT2D eigenvalue weighted by atomic mass is 9.91. The Morgan fingerprint density at radius 1 is 1.22 bits per heavy atom. The topological polar surface area (TPSA) is 179 Å². The molecule has 11 heteroatoms. The van der Waals surface area contributed by atoms with Crippen LogP contribution in [0.3, 0.4) is 0 Å². The summed E-state index contributed by atoms with van der Waals surface area (Å²) in [6.07, 6.45) is -6.37. The van der Waals surface area contributed by atoms with Gasteiger partial charge in [0.2, 0.25) is 11.9 Å². The zero-order valence-corrected chi connectivity index (χ0v) is 15.8. The average molecular weight is 392 g/mol. The average Bonchev–Trinajstić information content (AvgIpc) is 2.53. The number of carbonyl (C=O) groups is 2. The van der Waals surface area contributed by atoms with E-state index in [0.717, 1.165) is 6.92 Å². The second kappa shape index (κ2) is 10.3. The highest BCUT2D eigenvalue weighted by atomic mass is 16.6. The molecule has 1 unspecified atom stereocenters. The summed E-state index contributed by atoms with van der Waals surface area (Å²) in [6, 6.07) is -3.43. The Morgan fingerprint density at radius 3 is 2.11 bits per heavy atom. The molecule has 0 aromatic rings. The third-order valence-corrected chi connectivity index (χ3v) is 3.50. The molecule has 0 aliphatic heterocycles. The number of amides is 1. The van der Waals surface area contributed by atoms with E-state index in [1.807, 2.05) is 0 Å². The van der Waals surface area contributed by atoms with Crippen molar-refractivity contribution in [3.05, 3.63) is 22.3 Å². The highest BCUT2D eigenvalue weighted by Gasteiger charge is 2.43. The van der Waals surface area contributed by atoms with Crippen LogP contribution in [-0.2, 0) is 14.3 Å². The van der Waals surface area contributed by atoms with Crippen LogP contribution in [-0.4, -0.2) is 79.8 Å². The van der Waals surface area contributed by atoms with Crippen molar-refractivity contribution in [3.63, 3.8) is 0 Å². The SMILES string of the molecule is C=C(CC([C@@H](NC(C)=O)[C@@H](O)[C@H](O)[C@H](O)CO)[N+](=O)[O-])C(=O)OC(C)(C)C. The minimum Gasteiger partial charge on any atom is -0.457 e. The molecule has 0 spiro atoms. The molecule has 27 heavy (non-hydrogen) atoms. The smallest absolute Gasteiger partial charge is 0.334 e. The molecule has 156 valence electrons. The van der Waals surface area contributed by atoms with Gasteiger partial charge in [0.1, 0.15) is 30.0 Å². The van der Waals surface area contributed by atoms with Gasteiger partial charge in [0.15, 0.2) is 0 Å². The minimum atomic E-state index is -2.00. The first-order valence-corrected chi connectivity index (χ1v) is 8.18. The molecule has 5 N–H and O–H groups in total. The molecule has 0 aromatic heterocycles. The number of rotatable bonds is 10. The molecular weight excluding hydrogens is 364 g/mol. The highest BCUT2D eigenvalue weighted by molar-refractivity contribution is 5.88. The van der Waals surface area contributed by atoms with Crippen molar-refractivity contribution in [3.8, 4) is 0 Å². The lowest BCUT2D eigenvalue weighted by molar-refractivity contribution is -0.528. The van der Waals surface area contributed by atoms with E-state index >= 15 is 0 Å². The largest absolute Gasteiger partial charge is 0.457 e. The predicted octanol–water partition coefficient (Wildman–Crippen LogP) is -1.50. The molecule has 0 radical (unpaired) electrons. The fraction of sp³-hybridized carbons (Fsp3) is 0.750. The zero-order valence-electron chi connectivity index (χ0n) is 15.8. The lowest BCUT2D eigenvalue weighted by Gasteiger charge is -2.31. The van der Waals surface area contributed by atoms with Crippen molar-refractivity contribution >= 4 is 11.9 Å². The first-order valence-electron chi connectivity index (χ1n) is 8.18. The van der Waals surface area contributed by atoms with Crippen molar-refractivity contribution in [2.45, 2.75) is 70.1 Å². The summed E-state index contributed by atoms with van der Waals surface area (Å²) in [5.41, 5.74) is -1.13. The van der Waals surface area contributed by atoms with E-state index in [1.165, 1.54) is 0 Å². The van der Waals surface area contributed by atoms with Crippen LogP contribution >= 0.6 is 0 Å². The Hall–Kier alpha value is -2.08. The maximum atomic E-state index is 12.0. The molecule has 0 aliphatic carbocycles. The normalized spacial score (nSPS) is 17.2. The third kappa shape index (κ3) is 8.43. The van der Waals surface area contributed by atoms with Gasteiger partial charge in [0.05, 0.1) is 6.61 Å². The van der Waals surface area contributed by atoms with Gasteiger partial charge < -0.3 is 30.5 Å². The maximum absolute atomic E-state index is 12.0. The summed E-state index contributed by atoms with van der Waals surface area (Å²) >= 11 is 0. The Morgan fingerprint density at radius 2 is 1.74 bits per heavy atom. The molecule has 1 amide bonds. The number of nitro groups is 1. The summed E-state index contributed by atoms with van der Waals surface area (Å²) in [5.74, 6) is -1.64. The fourth-order valence-corrected chi connectivity index (χ4v) is 2.21. The summed E-state index contributed by atoms with van der Waals surface area (Å²) in [7, 11) is 0. The number of hydrogen-bond donors (Lipinski definition) is 5. The van der Waals surface area contributed by atoms with Gasteiger partial charge in [-0.1, -0.05) is 6.58 Å². The highest BCUT2D eigenvalue weighted by Crippen LogP contribution is 2.19. The van der Waals surface area contributed by atoms with E-state index in [-0.39, 0.29) is 5.57 Å². The van der Waals surface area contributed by atoms with Crippen LogP contribution in [0.1, 0.15) is 34.1 Å². The number of nitrogens with zero attached hydrogens (tertiary/aromatic N) is 1. The second-order valence-corrected chi connectivity index (χ2v) is 7.12. The van der Waals surface area contributed by atoms with Gasteiger partial charge in [-0.25, -0.2) is 4.79 Å². The van der Waals surface area contributed by atoms with Crippen LogP contribution in [0, 0.1) is 10.1 Å². The first-order chi connectivity index (χ1) is 12.2. The van der Waals surface area contributed by atoms with Gasteiger partial charge in [0.25, 0.3) is 0 Å². The van der Waals surface area contributed by atoms with E-state index in [1.54, 1.807) is 20.8 Å². The molecule has 0 rings (SSSR count). The standard InChI is InChI=1S/C16H28N2O9/c1-8(15(24)27-16(3,4)5)6-10(18(25)26)12(17-9(2)20)14(23)13(22)11(21)7-19/h10-14,19,21-23H,1,6-7H2,2-5H3,(H,17,20)/t10?,11-,12-,13-,14-/m1/s1. The van der Waals surface area contributed by atoms with Crippen LogP contribution in [0.25, 0.3) is 0 Å². The Kier molecular flexibility index (Phi) is 9.51. The molecule has 0 fully saturated rings. The number of carbonyl (C=O) groups excluding carboxylic acids is 2. The first kappa shape index (κ1) is 24.9. The van der Waals surface area contributed by atoms with Gasteiger partial charge in [-0.2, -0.15) is 0 Å². The molecular formula is C16H28N2O9. The zero-order chi connectivity index (χ0) is 21.5. The van der Waals surface area contributed by atoms with E-state index in [4.69, 9.17) is 9.84 Å². The second-order valence-electron chi connectivity index (χ2n) is 7.12. The Labute approximate surface area is 156 Å². The monoisotopic (exact) mass is 392 g/mol. The fourth-order valence-electron chi connectivity index (χ4n) is 2.21. The van der Waals surface area contributed by atoms with Crippen LogP contribution in [0.15, 0.2) is 12.2 Å². The van der Waals surface area contributed by atoms with Crippen molar-refractivity contribution in [1.29, 1.82) is 0 Å². The number of esters is 1. The summed E-state index contributed by atoms with van der Waals surface area (Å²) in [5, 5.41) is 52.0. The number of nitrogens with one attached hydrogen (secondary N) is 1. The van der Waals surface area contributed by atoms with Crippen molar-refractivity contribution in [2.75, 3.05) is 6.61 Å². The third-order valence-electron chi connectivity index (χ3n) is 3.50. The number of aliphatic hydroxyl groups is 4. The number of hydrogen-bond acceptors (Lipinski definition) is 9. The van der Waals surface area contributed by atoms with Crippen molar-refractivity contribution in [1.82, 2.24) is 5.32 Å². The van der Waals surface area contributed by atoms with Crippen LogP contribution in [0.2, 0.25) is 0 Å². The predicted molar refractivity (Wildman–Crippen MR) is 93.1 cm³/mol. The summed E-state index contributed by atoms with van der Waals surface area (Å²) < 4.78 is 5.07. The van der Waals surface area contributed by atoms with Gasteiger partial charge >= 0.3 is 5.97 Å². The minimum absolute atomic E-state index is 0.272. The molecule has 5 atom stereocenters. The maximum Gasteiger partial charge on any atom is 0.334 e. The van der Waals surface area contributed by atoms with Crippen LogP contribution in [0.5, 0.6) is 0 Å². The lowest BCUT2D eigenvalue weighted by Crippen LogP contribution is -2.59. The number of aliphatic hydroxyl groups excluding tert-OH is 4. The van der Waals surface area contributed by atoms with Crippen molar-refractivity contribution in [2.24, 2.45) is 0 Å². The Bertz CT molecular complexity index is 559. The quantitative estimate of drug-likeness (QED) is 0.128. The molecule has 0 bridgehead atoms.